The van der Waals surface area contributed by atoms with Crippen molar-refractivity contribution in [2.45, 2.75) is 34.1 Å². The van der Waals surface area contributed by atoms with E-state index in [0.717, 1.165) is 5.92 Å². The molecule has 0 N–H and O–H groups in total. The zero-order chi connectivity index (χ0) is 11.1. The standard InChI is InChI=1S/C14H24/c1-7-8-9-13(6)14(12(4)5)10-11(2)3/h7-9,11-12,14H,1,6,10H2,2-5H3/b9-8-. The van der Waals surface area contributed by atoms with Crippen LogP contribution >= 0.6 is 0 Å². The Morgan fingerprint density at radius 3 is 2.14 bits per heavy atom. The van der Waals surface area contributed by atoms with Crippen LogP contribution < -0.4 is 0 Å². The summed E-state index contributed by atoms with van der Waals surface area (Å²) in [5.74, 6) is 2.00. The SMILES string of the molecule is C=C/C=C\C(=C)C(CC(C)C)C(C)C. The topological polar surface area (TPSA) is 0 Å². The summed E-state index contributed by atoms with van der Waals surface area (Å²) < 4.78 is 0. The van der Waals surface area contributed by atoms with Gasteiger partial charge in [-0.3, -0.25) is 0 Å². The van der Waals surface area contributed by atoms with Crippen molar-refractivity contribution in [1.29, 1.82) is 0 Å². The highest BCUT2D eigenvalue weighted by Gasteiger charge is 2.16. The van der Waals surface area contributed by atoms with Crippen molar-refractivity contribution in [2.24, 2.45) is 17.8 Å². The molecule has 1 atom stereocenters. The lowest BCUT2D eigenvalue weighted by Gasteiger charge is -2.23. The average Bonchev–Trinajstić information content (AvgIpc) is 2.09. The van der Waals surface area contributed by atoms with E-state index < -0.39 is 0 Å². The van der Waals surface area contributed by atoms with Crippen LogP contribution in [0.15, 0.2) is 37.0 Å². The molecule has 0 spiro atoms. The maximum absolute atomic E-state index is 4.13. The molecule has 0 rings (SSSR count). The van der Waals surface area contributed by atoms with Crippen molar-refractivity contribution in [3.8, 4) is 0 Å². The minimum absolute atomic E-state index is 0.603. The van der Waals surface area contributed by atoms with Gasteiger partial charge in [0.1, 0.15) is 0 Å². The predicted octanol–water partition coefficient (Wildman–Crippen LogP) is 4.60. The molecule has 0 aliphatic carbocycles. The molecule has 1 unspecified atom stereocenters. The highest BCUT2D eigenvalue weighted by Crippen LogP contribution is 2.27. The van der Waals surface area contributed by atoms with Crippen LogP contribution in [-0.2, 0) is 0 Å². The van der Waals surface area contributed by atoms with Gasteiger partial charge in [0.25, 0.3) is 0 Å². The summed E-state index contributed by atoms with van der Waals surface area (Å²) in [7, 11) is 0. The molecule has 0 saturated heterocycles. The molecule has 0 radical (unpaired) electrons. The summed E-state index contributed by atoms with van der Waals surface area (Å²) in [5, 5.41) is 0. The lowest BCUT2D eigenvalue weighted by atomic mass is 9.82. The second-order valence-corrected chi connectivity index (χ2v) is 4.65. The molecule has 0 fully saturated rings. The Kier molecular flexibility index (Phi) is 6.27. The molecule has 0 bridgehead atoms. The fourth-order valence-electron chi connectivity index (χ4n) is 1.67. The number of hydrogen-bond donors (Lipinski definition) is 0. The van der Waals surface area contributed by atoms with Gasteiger partial charge in [-0.2, -0.15) is 0 Å². The molecular weight excluding hydrogens is 168 g/mol. The Morgan fingerprint density at radius 1 is 1.21 bits per heavy atom. The third kappa shape index (κ3) is 5.06. The van der Waals surface area contributed by atoms with Gasteiger partial charge in [-0.25, -0.2) is 0 Å². The second-order valence-electron chi connectivity index (χ2n) is 4.65. The minimum Gasteiger partial charge on any atom is -0.0991 e. The Labute approximate surface area is 89.4 Å². The summed E-state index contributed by atoms with van der Waals surface area (Å²) in [6.45, 7) is 16.9. The Bertz CT molecular complexity index is 206. The lowest BCUT2D eigenvalue weighted by Crippen LogP contribution is -2.12. The van der Waals surface area contributed by atoms with Gasteiger partial charge in [0, 0.05) is 0 Å². The van der Waals surface area contributed by atoms with Crippen LogP contribution in [-0.4, -0.2) is 0 Å². The normalized spacial score (nSPS) is 13.9. The quantitative estimate of drug-likeness (QED) is 0.539. The lowest BCUT2D eigenvalue weighted by molar-refractivity contribution is 0.369. The predicted molar refractivity (Wildman–Crippen MR) is 66.3 cm³/mol. The van der Waals surface area contributed by atoms with Gasteiger partial charge in [-0.15, -0.1) is 0 Å². The summed E-state index contributed by atoms with van der Waals surface area (Å²) >= 11 is 0. The van der Waals surface area contributed by atoms with Crippen LogP contribution in [0.2, 0.25) is 0 Å². The van der Waals surface area contributed by atoms with Crippen molar-refractivity contribution < 1.29 is 0 Å². The monoisotopic (exact) mass is 192 g/mol. The minimum atomic E-state index is 0.603. The van der Waals surface area contributed by atoms with E-state index in [4.69, 9.17) is 0 Å². The Balaban J connectivity index is 4.40. The maximum Gasteiger partial charge on any atom is -0.0142 e. The van der Waals surface area contributed by atoms with Crippen LogP contribution in [0.25, 0.3) is 0 Å². The average molecular weight is 192 g/mol. The van der Waals surface area contributed by atoms with Crippen molar-refractivity contribution >= 4 is 0 Å². The second kappa shape index (κ2) is 6.64. The molecule has 0 saturated carbocycles. The summed E-state index contributed by atoms with van der Waals surface area (Å²) in [5.41, 5.74) is 1.23. The van der Waals surface area contributed by atoms with Gasteiger partial charge in [-0.1, -0.05) is 64.7 Å². The van der Waals surface area contributed by atoms with Crippen LogP contribution in [0.1, 0.15) is 34.1 Å². The van der Waals surface area contributed by atoms with E-state index in [2.05, 4.69) is 46.9 Å². The Morgan fingerprint density at radius 2 is 1.79 bits per heavy atom. The van der Waals surface area contributed by atoms with Gasteiger partial charge in [0.05, 0.1) is 0 Å². The molecular formula is C14H24. The number of hydrogen-bond acceptors (Lipinski definition) is 0. The fraction of sp³-hybridized carbons (Fsp3) is 0.571. The van der Waals surface area contributed by atoms with E-state index in [0.29, 0.717) is 11.8 Å². The summed E-state index contributed by atoms with van der Waals surface area (Å²) in [6.07, 6.45) is 7.08. The van der Waals surface area contributed by atoms with E-state index in [1.165, 1.54) is 12.0 Å². The molecule has 0 nitrogen and oxygen atoms in total. The molecule has 80 valence electrons. The van der Waals surface area contributed by atoms with Crippen LogP contribution in [0.3, 0.4) is 0 Å². The fourth-order valence-corrected chi connectivity index (χ4v) is 1.67. The number of allylic oxidation sites excluding steroid dienone is 4. The van der Waals surface area contributed by atoms with Crippen molar-refractivity contribution in [1.82, 2.24) is 0 Å². The van der Waals surface area contributed by atoms with Crippen molar-refractivity contribution in [2.75, 3.05) is 0 Å². The first-order chi connectivity index (χ1) is 6.49. The van der Waals surface area contributed by atoms with Crippen LogP contribution in [0.5, 0.6) is 0 Å². The molecule has 0 aromatic heterocycles. The van der Waals surface area contributed by atoms with Crippen LogP contribution in [0, 0.1) is 17.8 Å². The number of rotatable bonds is 6. The van der Waals surface area contributed by atoms with E-state index in [-0.39, 0.29) is 0 Å². The molecule has 0 amide bonds. The smallest absolute Gasteiger partial charge is 0.0142 e. The molecule has 0 heteroatoms. The highest BCUT2D eigenvalue weighted by molar-refractivity contribution is 5.21. The molecule has 0 aromatic carbocycles. The largest absolute Gasteiger partial charge is 0.0991 e. The van der Waals surface area contributed by atoms with E-state index >= 15 is 0 Å². The molecule has 0 aliphatic heterocycles. The zero-order valence-corrected chi connectivity index (χ0v) is 10.1. The summed E-state index contributed by atoms with van der Waals surface area (Å²) in [6, 6.07) is 0. The van der Waals surface area contributed by atoms with Crippen LogP contribution in [0.4, 0.5) is 0 Å². The van der Waals surface area contributed by atoms with Crippen molar-refractivity contribution in [3.63, 3.8) is 0 Å². The van der Waals surface area contributed by atoms with E-state index in [1.807, 2.05) is 6.08 Å². The molecule has 14 heavy (non-hydrogen) atoms. The maximum atomic E-state index is 4.13. The third-order valence-corrected chi connectivity index (χ3v) is 2.45. The first kappa shape index (κ1) is 13.2. The van der Waals surface area contributed by atoms with Gasteiger partial charge in [-0.05, 0) is 24.2 Å². The first-order valence-electron chi connectivity index (χ1n) is 5.47. The molecule has 0 heterocycles. The summed E-state index contributed by atoms with van der Waals surface area (Å²) in [4.78, 5) is 0. The Hall–Kier alpha value is -0.780. The molecule has 0 aliphatic rings. The van der Waals surface area contributed by atoms with Gasteiger partial charge in [0.15, 0.2) is 0 Å². The third-order valence-electron chi connectivity index (χ3n) is 2.45. The molecule has 0 aromatic rings. The highest BCUT2D eigenvalue weighted by atomic mass is 14.2. The van der Waals surface area contributed by atoms with E-state index in [9.17, 15) is 0 Å². The van der Waals surface area contributed by atoms with Gasteiger partial charge in [0.2, 0.25) is 0 Å². The first-order valence-corrected chi connectivity index (χ1v) is 5.47. The zero-order valence-electron chi connectivity index (χ0n) is 10.1. The van der Waals surface area contributed by atoms with Gasteiger partial charge >= 0.3 is 0 Å². The van der Waals surface area contributed by atoms with Crippen molar-refractivity contribution in [3.05, 3.63) is 37.0 Å². The van der Waals surface area contributed by atoms with E-state index in [1.54, 1.807) is 6.08 Å². The van der Waals surface area contributed by atoms with Gasteiger partial charge < -0.3 is 0 Å².